The predicted molar refractivity (Wildman–Crippen MR) is 228 cm³/mol. The Balaban J connectivity index is 0.944. The number of anilines is 2. The van der Waals surface area contributed by atoms with Crippen molar-refractivity contribution < 1.29 is 0 Å². The molecule has 0 N–H and O–H groups in total. The molecule has 54 heavy (non-hydrogen) atoms. The lowest BCUT2D eigenvalue weighted by Crippen LogP contribution is -2.15. The van der Waals surface area contributed by atoms with E-state index in [-0.39, 0.29) is 5.92 Å². The molecule has 0 amide bonds. The normalized spacial score (nSPS) is 15.0. The summed E-state index contributed by atoms with van der Waals surface area (Å²) < 4.78 is 2.37. The highest BCUT2D eigenvalue weighted by Gasteiger charge is 2.36. The minimum Gasteiger partial charge on any atom is -0.313 e. The van der Waals surface area contributed by atoms with Crippen molar-refractivity contribution in [2.45, 2.75) is 12.3 Å². The van der Waals surface area contributed by atoms with Crippen LogP contribution in [0, 0.1) is 0 Å². The van der Waals surface area contributed by atoms with Crippen LogP contribution in [-0.4, -0.2) is 4.57 Å². The molecule has 1 aliphatic heterocycles. The van der Waals surface area contributed by atoms with Crippen molar-refractivity contribution in [3.63, 3.8) is 0 Å². The summed E-state index contributed by atoms with van der Waals surface area (Å²) in [5.41, 5.74) is 16.5. The van der Waals surface area contributed by atoms with E-state index >= 15 is 0 Å². The molecule has 9 aromatic rings. The smallest absolute Gasteiger partial charge is 0.0541 e. The van der Waals surface area contributed by atoms with E-state index in [2.05, 4.69) is 210 Å². The van der Waals surface area contributed by atoms with Gasteiger partial charge in [-0.2, -0.15) is 0 Å². The van der Waals surface area contributed by atoms with E-state index in [4.69, 9.17) is 0 Å². The molecule has 254 valence electrons. The van der Waals surface area contributed by atoms with Gasteiger partial charge in [0.25, 0.3) is 0 Å². The SMILES string of the molecule is C1=C(c2ccc(-c3ccc4c(c3)c3ccccc3n4-c3ccccc3)cc2)CC2C(=C1)N(c1ccccc1)c1cc(-c3cccc4ccccc34)ccc12. The number of hydrogen-bond donors (Lipinski definition) is 0. The standard InChI is InChI=1S/C52H36N2/c1-3-14-41(15-4-1)53-49-21-10-9-19-45(49)47-32-38(27-30-50(47)53)35-22-24-36(25-23-35)39-28-31-51-48(33-39)46-29-26-40(34-52(46)54(51)42-16-5-2-6-17-42)44-20-11-13-37-12-7-8-18-43(37)44/h1-32,34,48H,33H2. The second-order valence-corrected chi connectivity index (χ2v) is 14.5. The van der Waals surface area contributed by atoms with E-state index in [0.717, 1.165) is 6.42 Å². The fraction of sp³-hybridized carbons (Fsp3) is 0.0385. The van der Waals surface area contributed by atoms with Gasteiger partial charge in [-0.15, -0.1) is 0 Å². The summed E-state index contributed by atoms with van der Waals surface area (Å²) in [6.45, 7) is 0. The number of allylic oxidation sites excluding steroid dienone is 4. The van der Waals surface area contributed by atoms with Crippen molar-refractivity contribution in [2.24, 2.45) is 0 Å². The largest absolute Gasteiger partial charge is 0.313 e. The Bertz CT molecular complexity index is 2940. The molecule has 0 bridgehead atoms. The molecule has 2 nitrogen and oxygen atoms in total. The molecule has 0 radical (unpaired) electrons. The zero-order valence-electron chi connectivity index (χ0n) is 29.7. The predicted octanol–water partition coefficient (Wildman–Crippen LogP) is 13.9. The van der Waals surface area contributed by atoms with E-state index in [1.807, 2.05) is 0 Å². The molecule has 0 saturated heterocycles. The van der Waals surface area contributed by atoms with Crippen LogP contribution in [0.15, 0.2) is 206 Å². The third-order valence-electron chi connectivity index (χ3n) is 11.5. The van der Waals surface area contributed by atoms with Crippen LogP contribution in [-0.2, 0) is 0 Å². The zero-order valence-corrected chi connectivity index (χ0v) is 29.7. The van der Waals surface area contributed by atoms with Gasteiger partial charge in [-0.3, -0.25) is 0 Å². The Labute approximate surface area is 315 Å². The molecule has 0 fully saturated rings. The molecule has 2 heterocycles. The molecule has 8 aromatic carbocycles. The van der Waals surface area contributed by atoms with Gasteiger partial charge >= 0.3 is 0 Å². The van der Waals surface area contributed by atoms with Crippen molar-refractivity contribution in [3.8, 4) is 27.9 Å². The van der Waals surface area contributed by atoms with Gasteiger partial charge in [0.05, 0.1) is 16.7 Å². The summed E-state index contributed by atoms with van der Waals surface area (Å²) in [4.78, 5) is 2.48. The average Bonchev–Trinajstić information content (AvgIpc) is 3.76. The monoisotopic (exact) mass is 688 g/mol. The van der Waals surface area contributed by atoms with Gasteiger partial charge in [-0.05, 0) is 111 Å². The highest BCUT2D eigenvalue weighted by Crippen LogP contribution is 2.53. The zero-order chi connectivity index (χ0) is 35.6. The summed E-state index contributed by atoms with van der Waals surface area (Å²) in [6.07, 6.45) is 5.66. The van der Waals surface area contributed by atoms with Crippen LogP contribution >= 0.6 is 0 Å². The number of fused-ring (bicyclic) bond motifs is 7. The van der Waals surface area contributed by atoms with E-state index < -0.39 is 0 Å². The van der Waals surface area contributed by atoms with Crippen LogP contribution in [0.5, 0.6) is 0 Å². The van der Waals surface area contributed by atoms with Crippen molar-refractivity contribution >= 4 is 49.5 Å². The van der Waals surface area contributed by atoms with Crippen molar-refractivity contribution in [1.82, 2.24) is 4.57 Å². The molecule has 0 spiro atoms. The van der Waals surface area contributed by atoms with Crippen LogP contribution in [0.3, 0.4) is 0 Å². The van der Waals surface area contributed by atoms with Gasteiger partial charge in [0, 0.05) is 33.8 Å². The fourth-order valence-corrected chi connectivity index (χ4v) is 8.97. The molecule has 1 unspecified atom stereocenters. The molecule has 0 saturated carbocycles. The molecule has 2 heteroatoms. The third kappa shape index (κ3) is 4.88. The Morgan fingerprint density at radius 3 is 1.91 bits per heavy atom. The Morgan fingerprint density at radius 2 is 1.07 bits per heavy atom. The van der Waals surface area contributed by atoms with Crippen LogP contribution in [0.25, 0.3) is 66.1 Å². The van der Waals surface area contributed by atoms with E-state index in [1.54, 1.807) is 0 Å². The van der Waals surface area contributed by atoms with Gasteiger partial charge in [0.2, 0.25) is 0 Å². The molecular formula is C52H36N2. The van der Waals surface area contributed by atoms with E-state index in [9.17, 15) is 0 Å². The second-order valence-electron chi connectivity index (χ2n) is 14.5. The minimum atomic E-state index is 0.283. The number of nitrogens with zero attached hydrogens (tertiary/aromatic N) is 2. The number of benzene rings is 8. The lowest BCUT2D eigenvalue weighted by Gasteiger charge is -2.26. The van der Waals surface area contributed by atoms with E-state index in [0.29, 0.717) is 0 Å². The summed E-state index contributed by atoms with van der Waals surface area (Å²) in [6, 6.07) is 68.8. The second kappa shape index (κ2) is 12.4. The topological polar surface area (TPSA) is 8.17 Å². The number of aromatic nitrogens is 1. The van der Waals surface area contributed by atoms with Gasteiger partial charge in [-0.25, -0.2) is 0 Å². The molecule has 1 aromatic heterocycles. The highest BCUT2D eigenvalue weighted by molar-refractivity contribution is 6.10. The highest BCUT2D eigenvalue weighted by atomic mass is 15.2. The Morgan fingerprint density at radius 1 is 0.426 bits per heavy atom. The van der Waals surface area contributed by atoms with Crippen LogP contribution < -0.4 is 4.90 Å². The lowest BCUT2D eigenvalue weighted by atomic mass is 9.84. The maximum Gasteiger partial charge on any atom is 0.0541 e. The number of para-hydroxylation sites is 3. The minimum absolute atomic E-state index is 0.283. The first-order valence-electron chi connectivity index (χ1n) is 18.9. The van der Waals surface area contributed by atoms with Crippen LogP contribution in [0.1, 0.15) is 23.5 Å². The van der Waals surface area contributed by atoms with Crippen molar-refractivity contribution in [2.75, 3.05) is 4.90 Å². The molecule has 2 aliphatic rings. The quantitative estimate of drug-likeness (QED) is 0.175. The number of hydrogen-bond acceptors (Lipinski definition) is 1. The fourth-order valence-electron chi connectivity index (χ4n) is 8.97. The van der Waals surface area contributed by atoms with E-state index in [1.165, 1.54) is 94.3 Å². The Hall–Kier alpha value is -6.90. The lowest BCUT2D eigenvalue weighted by molar-refractivity contribution is 0.832. The molecule has 11 rings (SSSR count). The molecule has 1 atom stereocenters. The van der Waals surface area contributed by atoms with Gasteiger partial charge in [-0.1, -0.05) is 146 Å². The van der Waals surface area contributed by atoms with Crippen molar-refractivity contribution in [1.29, 1.82) is 0 Å². The molecule has 1 aliphatic carbocycles. The average molecular weight is 689 g/mol. The first-order chi connectivity index (χ1) is 26.8. The summed E-state index contributed by atoms with van der Waals surface area (Å²) in [5.74, 6) is 0.283. The first kappa shape index (κ1) is 30.7. The third-order valence-corrected chi connectivity index (χ3v) is 11.5. The van der Waals surface area contributed by atoms with Gasteiger partial charge in [0.15, 0.2) is 0 Å². The Kier molecular flexibility index (Phi) is 7.03. The number of rotatable bonds is 5. The molecular weight excluding hydrogens is 653 g/mol. The summed E-state index contributed by atoms with van der Waals surface area (Å²) >= 11 is 0. The summed E-state index contributed by atoms with van der Waals surface area (Å²) in [5, 5.41) is 5.10. The summed E-state index contributed by atoms with van der Waals surface area (Å²) in [7, 11) is 0. The first-order valence-corrected chi connectivity index (χ1v) is 18.9. The maximum absolute atomic E-state index is 2.48. The van der Waals surface area contributed by atoms with Crippen LogP contribution in [0.4, 0.5) is 11.4 Å². The maximum atomic E-state index is 2.48. The van der Waals surface area contributed by atoms with Gasteiger partial charge < -0.3 is 9.47 Å². The van der Waals surface area contributed by atoms with Crippen molar-refractivity contribution in [3.05, 3.63) is 217 Å². The van der Waals surface area contributed by atoms with Crippen LogP contribution in [0.2, 0.25) is 0 Å². The van der Waals surface area contributed by atoms with Gasteiger partial charge in [0.1, 0.15) is 0 Å².